The van der Waals surface area contributed by atoms with Crippen LogP contribution in [0.2, 0.25) is 0 Å². The van der Waals surface area contributed by atoms with Crippen LogP contribution < -0.4 is 0 Å². The molecular formula is C74H144O17P2. The van der Waals surface area contributed by atoms with Gasteiger partial charge in [-0.2, -0.15) is 0 Å². The third kappa shape index (κ3) is 67.0. The summed E-state index contributed by atoms with van der Waals surface area (Å²) in [6.07, 6.45) is 49.8. The summed E-state index contributed by atoms with van der Waals surface area (Å²) in [7, 11) is -9.91. The van der Waals surface area contributed by atoms with Gasteiger partial charge >= 0.3 is 39.5 Å². The van der Waals surface area contributed by atoms with E-state index >= 15 is 0 Å². The molecule has 0 radical (unpaired) electrons. The van der Waals surface area contributed by atoms with Crippen LogP contribution in [0.3, 0.4) is 0 Å². The maximum Gasteiger partial charge on any atom is 0.472 e. The first-order chi connectivity index (χ1) is 44.8. The molecule has 3 unspecified atom stereocenters. The van der Waals surface area contributed by atoms with Gasteiger partial charge in [-0.3, -0.25) is 37.3 Å². The van der Waals surface area contributed by atoms with Gasteiger partial charge in [0.1, 0.15) is 19.3 Å². The van der Waals surface area contributed by atoms with Crippen LogP contribution in [0.4, 0.5) is 0 Å². The summed E-state index contributed by atoms with van der Waals surface area (Å²) in [5.74, 6) is 0.225. The van der Waals surface area contributed by atoms with Gasteiger partial charge in [-0.15, -0.1) is 0 Å². The smallest absolute Gasteiger partial charge is 0.462 e. The molecule has 0 aliphatic rings. The first-order valence-electron chi connectivity index (χ1n) is 38.4. The number of esters is 4. The fourth-order valence-electron chi connectivity index (χ4n) is 11.2. The number of rotatable bonds is 72. The summed E-state index contributed by atoms with van der Waals surface area (Å²) in [5, 5.41) is 10.6. The van der Waals surface area contributed by atoms with Gasteiger partial charge in [-0.25, -0.2) is 9.13 Å². The molecule has 0 fully saturated rings. The second-order valence-electron chi connectivity index (χ2n) is 27.9. The Morgan fingerprint density at radius 2 is 0.548 bits per heavy atom. The number of aliphatic hydroxyl groups excluding tert-OH is 1. The minimum Gasteiger partial charge on any atom is -0.462 e. The first-order valence-corrected chi connectivity index (χ1v) is 41.4. The Bertz CT molecular complexity index is 1820. The second kappa shape index (κ2) is 64.7. The largest absolute Gasteiger partial charge is 0.472 e. The Morgan fingerprint density at radius 3 is 0.817 bits per heavy atom. The monoisotopic (exact) mass is 1370 g/mol. The molecule has 0 bridgehead atoms. The molecule has 0 aromatic heterocycles. The summed E-state index contributed by atoms with van der Waals surface area (Å²) >= 11 is 0. The highest BCUT2D eigenvalue weighted by molar-refractivity contribution is 7.47. The van der Waals surface area contributed by atoms with Crippen LogP contribution >= 0.6 is 15.6 Å². The minimum atomic E-state index is -4.96. The van der Waals surface area contributed by atoms with E-state index in [9.17, 15) is 43.2 Å². The van der Waals surface area contributed by atoms with E-state index in [0.717, 1.165) is 108 Å². The number of unbranched alkanes of at least 4 members (excludes halogenated alkanes) is 39. The molecule has 17 nitrogen and oxygen atoms in total. The average Bonchev–Trinajstić information content (AvgIpc) is 2.09. The Hall–Kier alpha value is -1.94. The summed E-state index contributed by atoms with van der Waals surface area (Å²) in [6.45, 7) is 11.9. The highest BCUT2D eigenvalue weighted by atomic mass is 31.2. The van der Waals surface area contributed by atoms with Crippen molar-refractivity contribution < 1.29 is 80.2 Å². The van der Waals surface area contributed by atoms with Crippen LogP contribution in [0.1, 0.15) is 376 Å². The molecule has 0 aliphatic carbocycles. The molecule has 0 saturated carbocycles. The van der Waals surface area contributed by atoms with Crippen molar-refractivity contribution in [3.05, 3.63) is 0 Å². The van der Waals surface area contributed by atoms with Crippen molar-refractivity contribution in [2.75, 3.05) is 39.6 Å². The third-order valence-corrected chi connectivity index (χ3v) is 19.4. The van der Waals surface area contributed by atoms with Crippen molar-refractivity contribution in [2.45, 2.75) is 394 Å². The highest BCUT2D eigenvalue weighted by Gasteiger charge is 2.30. The van der Waals surface area contributed by atoms with Crippen LogP contribution in [-0.2, 0) is 65.4 Å². The lowest BCUT2D eigenvalue weighted by molar-refractivity contribution is -0.161. The topological polar surface area (TPSA) is 237 Å². The molecule has 0 spiro atoms. The van der Waals surface area contributed by atoms with Gasteiger partial charge in [0.2, 0.25) is 0 Å². The fraction of sp³-hybridized carbons (Fsp3) is 0.946. The lowest BCUT2D eigenvalue weighted by Crippen LogP contribution is -2.30. The molecular weight excluding hydrogens is 1220 g/mol. The predicted octanol–water partition coefficient (Wildman–Crippen LogP) is 21.4. The van der Waals surface area contributed by atoms with Crippen LogP contribution in [0.5, 0.6) is 0 Å². The van der Waals surface area contributed by atoms with Crippen molar-refractivity contribution in [3.63, 3.8) is 0 Å². The Kier molecular flexibility index (Phi) is 63.4. The van der Waals surface area contributed by atoms with Gasteiger partial charge in [-0.05, 0) is 43.4 Å². The summed E-state index contributed by atoms with van der Waals surface area (Å²) in [4.78, 5) is 72.7. The Balaban J connectivity index is 5.24. The number of phosphoric ester groups is 2. The molecule has 0 amide bonds. The van der Waals surface area contributed by atoms with Crippen molar-refractivity contribution >= 4 is 39.5 Å². The molecule has 93 heavy (non-hydrogen) atoms. The van der Waals surface area contributed by atoms with Crippen LogP contribution in [-0.4, -0.2) is 96.7 Å². The van der Waals surface area contributed by atoms with E-state index < -0.39 is 97.5 Å². The van der Waals surface area contributed by atoms with Crippen LogP contribution in [0.25, 0.3) is 0 Å². The predicted molar refractivity (Wildman–Crippen MR) is 377 cm³/mol. The fourth-order valence-corrected chi connectivity index (χ4v) is 12.8. The van der Waals surface area contributed by atoms with Gasteiger partial charge < -0.3 is 33.8 Å². The van der Waals surface area contributed by atoms with Gasteiger partial charge in [0.05, 0.1) is 26.4 Å². The molecule has 3 N–H and O–H groups in total. The maximum absolute atomic E-state index is 13.1. The lowest BCUT2D eigenvalue weighted by atomic mass is 9.99. The van der Waals surface area contributed by atoms with E-state index in [0.29, 0.717) is 25.7 Å². The van der Waals surface area contributed by atoms with Gasteiger partial charge in [0, 0.05) is 25.7 Å². The number of phosphoric acid groups is 2. The number of carbonyl (C=O) groups is 4. The number of carbonyl (C=O) groups excluding carboxylic acids is 4. The van der Waals surface area contributed by atoms with Crippen molar-refractivity contribution in [1.82, 2.24) is 0 Å². The first kappa shape index (κ1) is 91.1. The summed E-state index contributed by atoms with van der Waals surface area (Å²) in [5.41, 5.74) is 0. The van der Waals surface area contributed by atoms with Gasteiger partial charge in [0.15, 0.2) is 12.2 Å². The van der Waals surface area contributed by atoms with E-state index in [1.165, 1.54) is 186 Å². The highest BCUT2D eigenvalue weighted by Crippen LogP contribution is 2.45. The molecule has 552 valence electrons. The van der Waals surface area contributed by atoms with Gasteiger partial charge in [0.25, 0.3) is 0 Å². The average molecular weight is 1370 g/mol. The minimum absolute atomic E-state index is 0.105. The molecule has 0 aromatic rings. The molecule has 19 heteroatoms. The van der Waals surface area contributed by atoms with E-state index in [2.05, 4.69) is 48.5 Å². The molecule has 0 heterocycles. The van der Waals surface area contributed by atoms with E-state index in [-0.39, 0.29) is 25.7 Å². The standard InChI is InChI=1S/C74H144O17P2/c1-8-10-11-12-13-24-34-41-48-55-71(76)84-61-70(91-74(79)58-51-44-37-30-29-33-40-47-54-67(7)9-2)64-89-93(82,83)87-60-68(75)59-86-92(80,81)88-63-69(90-73(78)57-50-43-36-28-23-19-15-17-21-26-32-39-46-53-66(5)6)62-85-72(77)56-49-42-35-27-22-18-14-16-20-25-31-38-45-52-65(3)4/h65-70,75H,8-64H2,1-7H3,(H,80,81)(H,82,83)/t67?,68-,69-,70-/m1/s1. The second-order valence-corrected chi connectivity index (χ2v) is 30.8. The number of hydrogen-bond donors (Lipinski definition) is 3. The van der Waals surface area contributed by atoms with E-state index in [1.807, 2.05) is 0 Å². The van der Waals surface area contributed by atoms with Crippen LogP contribution in [0, 0.1) is 17.8 Å². The maximum atomic E-state index is 13.1. The van der Waals surface area contributed by atoms with E-state index in [1.54, 1.807) is 0 Å². The molecule has 0 aliphatic heterocycles. The van der Waals surface area contributed by atoms with Crippen LogP contribution in [0.15, 0.2) is 0 Å². The zero-order valence-electron chi connectivity index (χ0n) is 60.7. The zero-order valence-corrected chi connectivity index (χ0v) is 62.5. The Morgan fingerprint density at radius 1 is 0.312 bits per heavy atom. The summed E-state index contributed by atoms with van der Waals surface area (Å²) in [6, 6.07) is 0. The van der Waals surface area contributed by atoms with E-state index in [4.69, 9.17) is 37.0 Å². The third-order valence-electron chi connectivity index (χ3n) is 17.5. The normalized spacial score (nSPS) is 14.4. The number of ether oxygens (including phenoxy) is 4. The van der Waals surface area contributed by atoms with Crippen molar-refractivity contribution in [2.24, 2.45) is 17.8 Å². The molecule has 0 aromatic carbocycles. The molecule has 0 rings (SSSR count). The number of aliphatic hydroxyl groups is 1. The SMILES string of the molecule is CCCCCCCCCCCC(=O)OC[C@H](COP(=O)(O)OC[C@H](O)COP(=O)(O)OC[C@@H](COC(=O)CCCCCCCCCCCCCCCC(C)C)OC(=O)CCCCCCCCCCCCCCCC(C)C)OC(=O)CCCCCCCCCCC(C)CC. The quantitative estimate of drug-likeness (QED) is 0.0222. The molecule has 0 saturated heterocycles. The lowest BCUT2D eigenvalue weighted by Gasteiger charge is -2.21. The summed E-state index contributed by atoms with van der Waals surface area (Å²) < 4.78 is 68.4. The van der Waals surface area contributed by atoms with Crippen molar-refractivity contribution in [1.29, 1.82) is 0 Å². The zero-order chi connectivity index (χ0) is 68.7. The Labute approximate surface area is 568 Å². The van der Waals surface area contributed by atoms with Crippen molar-refractivity contribution in [3.8, 4) is 0 Å². The van der Waals surface area contributed by atoms with Gasteiger partial charge in [-0.1, -0.05) is 325 Å². The number of hydrogen-bond acceptors (Lipinski definition) is 15. The molecule has 6 atom stereocenters.